The van der Waals surface area contributed by atoms with E-state index in [0.717, 1.165) is 21.5 Å². The van der Waals surface area contributed by atoms with Gasteiger partial charge in [-0.25, -0.2) is 0 Å². The van der Waals surface area contributed by atoms with Gasteiger partial charge in [-0.15, -0.1) is 0 Å². The van der Waals surface area contributed by atoms with Crippen LogP contribution in [0.25, 0.3) is 0 Å². The van der Waals surface area contributed by atoms with E-state index in [4.69, 9.17) is 9.47 Å². The number of benzene rings is 2. The van der Waals surface area contributed by atoms with Crippen molar-refractivity contribution in [2.45, 2.75) is 20.8 Å². The van der Waals surface area contributed by atoms with Crippen LogP contribution in [0.15, 0.2) is 40.9 Å². The van der Waals surface area contributed by atoms with Crippen molar-refractivity contribution in [3.05, 3.63) is 57.6 Å². The highest BCUT2D eigenvalue weighted by Gasteiger charge is 2.06. The van der Waals surface area contributed by atoms with Gasteiger partial charge in [0.25, 0.3) is 0 Å². The van der Waals surface area contributed by atoms with Crippen molar-refractivity contribution in [1.82, 2.24) is 0 Å². The SMILES string of the molecule is Cc1ccc(C)c(OCCOc2ccc(Br)cc2)c1C. The topological polar surface area (TPSA) is 18.5 Å². The number of aryl methyl sites for hydroxylation is 2. The van der Waals surface area contributed by atoms with Gasteiger partial charge >= 0.3 is 0 Å². The molecule has 0 bridgehead atoms. The van der Waals surface area contributed by atoms with Crippen molar-refractivity contribution in [2.75, 3.05) is 13.2 Å². The molecule has 0 saturated heterocycles. The second kappa shape index (κ2) is 6.80. The lowest BCUT2D eigenvalue weighted by molar-refractivity contribution is 0.215. The van der Waals surface area contributed by atoms with Crippen molar-refractivity contribution in [2.24, 2.45) is 0 Å². The summed E-state index contributed by atoms with van der Waals surface area (Å²) in [7, 11) is 0. The molecule has 0 amide bonds. The maximum Gasteiger partial charge on any atom is 0.125 e. The summed E-state index contributed by atoms with van der Waals surface area (Å²) in [5.41, 5.74) is 3.62. The minimum atomic E-state index is 0.536. The lowest BCUT2D eigenvalue weighted by Gasteiger charge is -2.14. The quantitative estimate of drug-likeness (QED) is 0.729. The summed E-state index contributed by atoms with van der Waals surface area (Å²) in [4.78, 5) is 0. The maximum absolute atomic E-state index is 5.86. The summed E-state index contributed by atoms with van der Waals surface area (Å²) < 4.78 is 12.6. The molecule has 106 valence electrons. The molecule has 0 atom stereocenters. The molecule has 0 aliphatic rings. The van der Waals surface area contributed by atoms with E-state index >= 15 is 0 Å². The van der Waals surface area contributed by atoms with Crippen LogP contribution < -0.4 is 9.47 Å². The number of hydrogen-bond acceptors (Lipinski definition) is 2. The monoisotopic (exact) mass is 334 g/mol. The molecule has 0 aromatic heterocycles. The predicted molar refractivity (Wildman–Crippen MR) is 85.8 cm³/mol. The van der Waals surface area contributed by atoms with Gasteiger partial charge in [0.05, 0.1) is 0 Å². The molecule has 3 heteroatoms. The Labute approximate surface area is 128 Å². The van der Waals surface area contributed by atoms with Crippen LogP contribution in [0.3, 0.4) is 0 Å². The van der Waals surface area contributed by atoms with E-state index in [9.17, 15) is 0 Å². The molecule has 2 aromatic carbocycles. The molecule has 2 aromatic rings. The fourth-order valence-electron chi connectivity index (χ4n) is 1.98. The van der Waals surface area contributed by atoms with E-state index in [1.165, 1.54) is 11.1 Å². The van der Waals surface area contributed by atoms with Gasteiger partial charge in [-0.1, -0.05) is 28.1 Å². The van der Waals surface area contributed by atoms with E-state index in [-0.39, 0.29) is 0 Å². The summed E-state index contributed by atoms with van der Waals surface area (Å²) in [6.07, 6.45) is 0. The standard InChI is InChI=1S/C17H19BrO2/c1-12-4-5-13(2)17(14(12)3)20-11-10-19-16-8-6-15(18)7-9-16/h4-9H,10-11H2,1-3H3. The first kappa shape index (κ1) is 14.9. The van der Waals surface area contributed by atoms with Gasteiger partial charge in [0, 0.05) is 4.47 Å². The van der Waals surface area contributed by atoms with Crippen LogP contribution in [0.1, 0.15) is 16.7 Å². The third-order valence-electron chi connectivity index (χ3n) is 3.29. The number of halogens is 1. The van der Waals surface area contributed by atoms with Crippen LogP contribution in [0.4, 0.5) is 0 Å². The third kappa shape index (κ3) is 3.76. The zero-order valence-electron chi connectivity index (χ0n) is 12.1. The van der Waals surface area contributed by atoms with Crippen molar-refractivity contribution >= 4 is 15.9 Å². The Bertz CT molecular complexity index is 576. The first-order chi connectivity index (χ1) is 9.58. The minimum Gasteiger partial charge on any atom is -0.490 e. The van der Waals surface area contributed by atoms with Crippen molar-refractivity contribution < 1.29 is 9.47 Å². The number of rotatable bonds is 5. The zero-order chi connectivity index (χ0) is 14.5. The summed E-state index contributed by atoms with van der Waals surface area (Å²) in [6.45, 7) is 7.33. The Morgan fingerprint density at radius 2 is 1.40 bits per heavy atom. The number of ether oxygens (including phenoxy) is 2. The fourth-order valence-corrected chi connectivity index (χ4v) is 2.25. The summed E-state index contributed by atoms with van der Waals surface area (Å²) in [5.74, 6) is 1.83. The summed E-state index contributed by atoms with van der Waals surface area (Å²) in [5, 5.41) is 0. The Balaban J connectivity index is 1.87. The molecule has 2 nitrogen and oxygen atoms in total. The van der Waals surface area contributed by atoms with E-state index in [1.54, 1.807) is 0 Å². The first-order valence-corrected chi connectivity index (χ1v) is 7.45. The molecular weight excluding hydrogens is 316 g/mol. The van der Waals surface area contributed by atoms with Crippen LogP contribution in [0, 0.1) is 20.8 Å². The van der Waals surface area contributed by atoms with Gasteiger partial charge in [0.2, 0.25) is 0 Å². The minimum absolute atomic E-state index is 0.536. The zero-order valence-corrected chi connectivity index (χ0v) is 13.7. The normalized spacial score (nSPS) is 10.4. The lowest BCUT2D eigenvalue weighted by Crippen LogP contribution is -2.10. The lowest BCUT2D eigenvalue weighted by atomic mass is 10.1. The van der Waals surface area contributed by atoms with Crippen LogP contribution in [-0.4, -0.2) is 13.2 Å². The molecule has 0 fully saturated rings. The van der Waals surface area contributed by atoms with Gasteiger partial charge in [0.1, 0.15) is 24.7 Å². The van der Waals surface area contributed by atoms with Gasteiger partial charge in [-0.2, -0.15) is 0 Å². The maximum atomic E-state index is 5.86. The second-order valence-electron chi connectivity index (χ2n) is 4.80. The van der Waals surface area contributed by atoms with Gasteiger partial charge < -0.3 is 9.47 Å². The van der Waals surface area contributed by atoms with Crippen molar-refractivity contribution in [3.63, 3.8) is 0 Å². The molecule has 2 rings (SSSR count). The fraction of sp³-hybridized carbons (Fsp3) is 0.294. The highest BCUT2D eigenvalue weighted by Crippen LogP contribution is 2.25. The van der Waals surface area contributed by atoms with Gasteiger partial charge in [0.15, 0.2) is 0 Å². The molecule has 0 N–H and O–H groups in total. The van der Waals surface area contributed by atoms with Crippen LogP contribution in [0.5, 0.6) is 11.5 Å². The smallest absolute Gasteiger partial charge is 0.125 e. The largest absolute Gasteiger partial charge is 0.490 e. The van der Waals surface area contributed by atoms with E-state index in [0.29, 0.717) is 13.2 Å². The second-order valence-corrected chi connectivity index (χ2v) is 5.72. The molecule has 20 heavy (non-hydrogen) atoms. The number of hydrogen-bond donors (Lipinski definition) is 0. The van der Waals surface area contributed by atoms with Crippen molar-refractivity contribution in [3.8, 4) is 11.5 Å². The highest BCUT2D eigenvalue weighted by atomic mass is 79.9. The summed E-state index contributed by atoms with van der Waals surface area (Å²) in [6, 6.07) is 12.0. The molecule has 0 radical (unpaired) electrons. The van der Waals surface area contributed by atoms with Crippen molar-refractivity contribution in [1.29, 1.82) is 0 Å². The predicted octanol–water partition coefficient (Wildman–Crippen LogP) is 4.83. The van der Waals surface area contributed by atoms with E-state index in [2.05, 4.69) is 48.8 Å². The molecular formula is C17H19BrO2. The molecule has 0 heterocycles. The Morgan fingerprint density at radius 1 is 0.800 bits per heavy atom. The molecule has 0 saturated carbocycles. The van der Waals surface area contributed by atoms with E-state index < -0.39 is 0 Å². The van der Waals surface area contributed by atoms with Crippen LogP contribution >= 0.6 is 15.9 Å². The molecule has 0 spiro atoms. The van der Waals surface area contributed by atoms with Gasteiger partial charge in [-0.3, -0.25) is 0 Å². The van der Waals surface area contributed by atoms with Crippen LogP contribution in [-0.2, 0) is 0 Å². The molecule has 0 aliphatic carbocycles. The Morgan fingerprint density at radius 3 is 2.10 bits per heavy atom. The third-order valence-corrected chi connectivity index (χ3v) is 3.81. The Kier molecular flexibility index (Phi) is 5.07. The van der Waals surface area contributed by atoms with Gasteiger partial charge in [-0.05, 0) is 61.7 Å². The first-order valence-electron chi connectivity index (χ1n) is 6.66. The molecule has 0 unspecified atom stereocenters. The Hall–Kier alpha value is -1.48. The van der Waals surface area contributed by atoms with Crippen LogP contribution in [0.2, 0.25) is 0 Å². The summed E-state index contributed by atoms with van der Waals surface area (Å²) >= 11 is 3.40. The highest BCUT2D eigenvalue weighted by molar-refractivity contribution is 9.10. The van der Waals surface area contributed by atoms with E-state index in [1.807, 2.05) is 24.3 Å². The molecule has 0 aliphatic heterocycles. The average Bonchev–Trinajstić information content (AvgIpc) is 2.44. The average molecular weight is 335 g/mol.